The van der Waals surface area contributed by atoms with Crippen molar-refractivity contribution in [2.24, 2.45) is 0 Å². The zero-order chi connectivity index (χ0) is 29.4. The van der Waals surface area contributed by atoms with Gasteiger partial charge in [-0.3, -0.25) is 14.4 Å². The zero-order valence-corrected chi connectivity index (χ0v) is 23.7. The van der Waals surface area contributed by atoms with Crippen LogP contribution in [0.15, 0.2) is 60.8 Å². The summed E-state index contributed by atoms with van der Waals surface area (Å²) in [4.78, 5) is 43.0. The number of carbonyl (C=O) groups is 3. The third kappa shape index (κ3) is 7.55. The van der Waals surface area contributed by atoms with Gasteiger partial charge in [0.15, 0.2) is 5.69 Å². The Bertz CT molecular complexity index is 1320. The first-order valence-electron chi connectivity index (χ1n) is 13.9. The zero-order valence-electron chi connectivity index (χ0n) is 23.7. The summed E-state index contributed by atoms with van der Waals surface area (Å²) in [5.41, 5.74) is 1.84. The van der Waals surface area contributed by atoms with E-state index in [4.69, 9.17) is 4.74 Å². The van der Waals surface area contributed by atoms with Crippen LogP contribution in [0.3, 0.4) is 0 Å². The van der Waals surface area contributed by atoms with Gasteiger partial charge in [0.1, 0.15) is 11.9 Å². The molecule has 2 heterocycles. The van der Waals surface area contributed by atoms with E-state index >= 15 is 0 Å². The fourth-order valence-corrected chi connectivity index (χ4v) is 4.96. The van der Waals surface area contributed by atoms with E-state index in [2.05, 4.69) is 15.6 Å². The number of nitrogens with zero attached hydrogens (tertiary/aromatic N) is 5. The average molecular weight is 565 g/mol. The second-order valence-corrected chi connectivity index (χ2v) is 10.2. The Labute approximate surface area is 239 Å². The lowest BCUT2D eigenvalue weighted by molar-refractivity contribution is -0.141. The van der Waals surface area contributed by atoms with Crippen molar-refractivity contribution in [2.75, 3.05) is 26.7 Å². The van der Waals surface area contributed by atoms with Crippen LogP contribution in [0.2, 0.25) is 0 Å². The maximum atomic E-state index is 13.8. The van der Waals surface area contributed by atoms with Crippen molar-refractivity contribution >= 4 is 17.7 Å². The highest BCUT2D eigenvalue weighted by atomic mass is 19.1. The van der Waals surface area contributed by atoms with Gasteiger partial charge in [-0.25, -0.2) is 9.07 Å². The summed E-state index contributed by atoms with van der Waals surface area (Å²) >= 11 is 0. The van der Waals surface area contributed by atoms with Gasteiger partial charge in [0.05, 0.1) is 18.0 Å². The lowest BCUT2D eigenvalue weighted by Crippen LogP contribution is -2.56. The minimum atomic E-state index is -0.831. The normalized spacial score (nSPS) is 16.3. The fourth-order valence-electron chi connectivity index (χ4n) is 4.96. The van der Waals surface area contributed by atoms with E-state index in [1.165, 1.54) is 19.2 Å². The van der Waals surface area contributed by atoms with Crippen LogP contribution in [-0.2, 0) is 20.7 Å². The van der Waals surface area contributed by atoms with Gasteiger partial charge in [-0.05, 0) is 56.0 Å². The highest BCUT2D eigenvalue weighted by molar-refractivity contribution is 5.92. The number of carbonyl (C=O) groups excluding carboxylic acids is 3. The van der Waals surface area contributed by atoms with Crippen molar-refractivity contribution in [2.45, 2.75) is 57.7 Å². The van der Waals surface area contributed by atoms with Gasteiger partial charge in [0, 0.05) is 39.2 Å². The minimum absolute atomic E-state index is 0.185. The van der Waals surface area contributed by atoms with E-state index in [0.29, 0.717) is 25.9 Å². The minimum Gasteiger partial charge on any atom is -0.379 e. The molecule has 0 saturated carbocycles. The first kappa shape index (κ1) is 29.9. The summed E-state index contributed by atoms with van der Waals surface area (Å²) in [6.07, 6.45) is 3.29. The van der Waals surface area contributed by atoms with Crippen LogP contribution in [0.5, 0.6) is 0 Å². The maximum Gasteiger partial charge on any atom is 0.276 e. The van der Waals surface area contributed by atoms with E-state index in [1.807, 2.05) is 30.3 Å². The lowest BCUT2D eigenvalue weighted by Gasteiger charge is -2.34. The predicted molar refractivity (Wildman–Crippen MR) is 151 cm³/mol. The highest BCUT2D eigenvalue weighted by Gasteiger charge is 2.38. The Morgan fingerprint density at radius 2 is 1.88 bits per heavy atom. The first-order chi connectivity index (χ1) is 19.8. The number of amides is 3. The van der Waals surface area contributed by atoms with Crippen LogP contribution in [-0.4, -0.2) is 87.4 Å². The molecule has 10 nitrogen and oxygen atoms in total. The van der Waals surface area contributed by atoms with Gasteiger partial charge in [0.2, 0.25) is 11.8 Å². The molecule has 1 aliphatic heterocycles. The molecule has 0 bridgehead atoms. The predicted octanol–water partition coefficient (Wildman–Crippen LogP) is 3.01. The van der Waals surface area contributed by atoms with Gasteiger partial charge in [-0.1, -0.05) is 42.5 Å². The van der Waals surface area contributed by atoms with Crippen molar-refractivity contribution in [1.82, 2.24) is 30.1 Å². The van der Waals surface area contributed by atoms with Gasteiger partial charge >= 0.3 is 0 Å². The monoisotopic (exact) mass is 564 g/mol. The quantitative estimate of drug-likeness (QED) is 0.362. The fraction of sp³-hybridized carbons (Fsp3) is 0.433. The van der Waals surface area contributed by atoms with E-state index in [1.54, 1.807) is 46.7 Å². The second-order valence-electron chi connectivity index (χ2n) is 10.2. The van der Waals surface area contributed by atoms with Crippen molar-refractivity contribution in [1.29, 1.82) is 0 Å². The molecule has 3 atom stereocenters. The summed E-state index contributed by atoms with van der Waals surface area (Å²) in [6.45, 7) is 4.61. The van der Waals surface area contributed by atoms with E-state index < -0.39 is 12.1 Å². The lowest BCUT2D eigenvalue weighted by atomic mass is 10.1. The van der Waals surface area contributed by atoms with Crippen LogP contribution >= 0.6 is 0 Å². The molecule has 0 radical (unpaired) electrons. The number of benzene rings is 2. The van der Waals surface area contributed by atoms with Gasteiger partial charge < -0.3 is 19.9 Å². The third-order valence-electron chi connectivity index (χ3n) is 7.44. The average Bonchev–Trinajstić information content (AvgIpc) is 3.68. The van der Waals surface area contributed by atoms with Crippen molar-refractivity contribution in [3.63, 3.8) is 0 Å². The summed E-state index contributed by atoms with van der Waals surface area (Å²) in [5, 5.41) is 11.1. The molecule has 1 N–H and O–H groups in total. The number of para-hydroxylation sites is 1. The van der Waals surface area contributed by atoms with Crippen LogP contribution < -0.4 is 5.32 Å². The Kier molecular flexibility index (Phi) is 10.2. The van der Waals surface area contributed by atoms with E-state index in [-0.39, 0.29) is 48.2 Å². The first-order valence-corrected chi connectivity index (χ1v) is 13.9. The molecule has 0 aliphatic carbocycles. The van der Waals surface area contributed by atoms with Crippen molar-refractivity contribution in [3.05, 3.63) is 77.9 Å². The number of halogens is 1. The summed E-state index contributed by atoms with van der Waals surface area (Å²) in [5.74, 6) is -1.10. The van der Waals surface area contributed by atoms with Gasteiger partial charge in [-0.2, -0.15) is 0 Å². The highest BCUT2D eigenvalue weighted by Crippen LogP contribution is 2.22. The topological polar surface area (TPSA) is 110 Å². The van der Waals surface area contributed by atoms with E-state index in [9.17, 15) is 18.8 Å². The Morgan fingerprint density at radius 3 is 2.56 bits per heavy atom. The number of hydrogen-bond acceptors (Lipinski definition) is 6. The molecule has 41 heavy (non-hydrogen) atoms. The number of ether oxygens (including phenoxy) is 1. The molecule has 3 amide bonds. The molecular weight excluding hydrogens is 527 g/mol. The van der Waals surface area contributed by atoms with E-state index in [0.717, 1.165) is 17.7 Å². The van der Waals surface area contributed by atoms with Crippen LogP contribution in [0.4, 0.5) is 4.39 Å². The smallest absolute Gasteiger partial charge is 0.276 e. The summed E-state index contributed by atoms with van der Waals surface area (Å²) < 4.78 is 20.4. The maximum absolute atomic E-state index is 13.8. The van der Waals surface area contributed by atoms with Crippen LogP contribution in [0, 0.1) is 5.82 Å². The molecule has 2 aromatic carbocycles. The van der Waals surface area contributed by atoms with Gasteiger partial charge in [0.25, 0.3) is 5.91 Å². The second kappa shape index (κ2) is 14.0. The van der Waals surface area contributed by atoms with Crippen molar-refractivity contribution < 1.29 is 23.5 Å². The number of nitrogens with one attached hydrogen (secondary N) is 1. The molecule has 1 aliphatic rings. The summed E-state index contributed by atoms with van der Waals surface area (Å²) in [7, 11) is 1.50. The molecule has 218 valence electrons. The molecule has 1 aromatic heterocycles. The number of aromatic nitrogens is 3. The molecule has 4 rings (SSSR count). The summed E-state index contributed by atoms with van der Waals surface area (Å²) in [6, 6.07) is 14.5. The molecule has 3 unspecified atom stereocenters. The van der Waals surface area contributed by atoms with Crippen LogP contribution in [0.25, 0.3) is 5.69 Å². The number of hydrogen-bond donors (Lipinski definition) is 1. The largest absolute Gasteiger partial charge is 0.379 e. The Morgan fingerprint density at radius 1 is 1.15 bits per heavy atom. The molecular formula is C30H37FN6O4. The number of rotatable bonds is 12. The van der Waals surface area contributed by atoms with Crippen molar-refractivity contribution in [3.8, 4) is 5.69 Å². The Balaban J connectivity index is 1.55. The third-order valence-corrected chi connectivity index (χ3v) is 7.44. The molecule has 3 aromatic rings. The van der Waals surface area contributed by atoms with Crippen LogP contribution in [0.1, 0.15) is 49.2 Å². The molecule has 11 heteroatoms. The standard InChI is InChI=1S/C30H37FN6O4/c1-4-27(38)32-28(21(2)41-3)30(40)36-17-8-11-25(36)19-35(18-16-22-12-14-23(31)15-13-22)29(39)26-20-37(34-33-26)24-9-6-5-7-10-24/h5-7,9-10,12-15,20-21,25,28H,4,8,11,16-19H2,1-3H3,(H,32,38). The van der Waals surface area contributed by atoms with Gasteiger partial charge in [-0.15, -0.1) is 5.10 Å². The SMILES string of the molecule is CCC(=O)NC(C(=O)N1CCCC1CN(CCc1ccc(F)cc1)C(=O)c1cn(-c2ccccc2)nn1)C(C)OC. The molecule has 1 fully saturated rings. The molecule has 0 spiro atoms. The number of methoxy groups -OCH3 is 1. The Hall–Kier alpha value is -4.12. The number of likely N-dealkylation sites (tertiary alicyclic amines) is 1. The molecule has 1 saturated heterocycles.